The van der Waals surface area contributed by atoms with Gasteiger partial charge >= 0.3 is 6.18 Å². The Bertz CT molecular complexity index is 379. The van der Waals surface area contributed by atoms with Crippen molar-refractivity contribution < 1.29 is 13.2 Å². The molecule has 0 aromatic carbocycles. The van der Waals surface area contributed by atoms with Crippen molar-refractivity contribution in [3.63, 3.8) is 0 Å². The van der Waals surface area contributed by atoms with Crippen LogP contribution in [-0.4, -0.2) is 11.0 Å². The molecule has 1 aromatic heterocycles. The van der Waals surface area contributed by atoms with E-state index in [0.29, 0.717) is 12.1 Å². The van der Waals surface area contributed by atoms with Gasteiger partial charge in [0.2, 0.25) is 0 Å². The number of hydrogen-bond donors (Lipinski definition) is 1. The van der Waals surface area contributed by atoms with Crippen molar-refractivity contribution >= 4 is 11.6 Å². The first-order valence-corrected chi connectivity index (χ1v) is 5.69. The van der Waals surface area contributed by atoms with E-state index >= 15 is 0 Å². The van der Waals surface area contributed by atoms with E-state index in [1.54, 1.807) is 0 Å². The number of pyridine rings is 1. The van der Waals surface area contributed by atoms with Gasteiger partial charge in [-0.25, -0.2) is 0 Å². The molecule has 0 saturated heterocycles. The molecule has 1 aromatic rings. The minimum Gasteiger partial charge on any atom is -0.327 e. The number of nitrogens with zero attached hydrogens (tertiary/aromatic N) is 1. The molecule has 17 heavy (non-hydrogen) atoms. The Morgan fingerprint density at radius 2 is 2.12 bits per heavy atom. The monoisotopic (exact) mass is 266 g/mol. The SMILES string of the molecule is CCCC(N)Cc1ncc(C(F)(F)F)cc1Cl. The molecule has 1 atom stereocenters. The van der Waals surface area contributed by atoms with Gasteiger partial charge in [0.25, 0.3) is 0 Å². The van der Waals surface area contributed by atoms with Crippen molar-refractivity contribution in [1.29, 1.82) is 0 Å². The van der Waals surface area contributed by atoms with Gasteiger partial charge in [-0.15, -0.1) is 0 Å². The Balaban J connectivity index is 2.83. The van der Waals surface area contributed by atoms with Crippen molar-refractivity contribution in [3.8, 4) is 0 Å². The zero-order valence-electron chi connectivity index (χ0n) is 9.39. The quantitative estimate of drug-likeness (QED) is 0.907. The van der Waals surface area contributed by atoms with E-state index < -0.39 is 11.7 Å². The summed E-state index contributed by atoms with van der Waals surface area (Å²) in [7, 11) is 0. The molecule has 0 amide bonds. The number of rotatable bonds is 4. The lowest BCUT2D eigenvalue weighted by atomic mass is 10.1. The second-order valence-corrected chi connectivity index (χ2v) is 4.31. The summed E-state index contributed by atoms with van der Waals surface area (Å²) >= 11 is 5.76. The Kier molecular flexibility index (Phi) is 4.77. The van der Waals surface area contributed by atoms with Gasteiger partial charge in [0, 0.05) is 18.7 Å². The third-order valence-electron chi connectivity index (χ3n) is 2.36. The van der Waals surface area contributed by atoms with Crippen molar-refractivity contribution in [3.05, 3.63) is 28.5 Å². The molecule has 0 fully saturated rings. The molecule has 1 unspecified atom stereocenters. The summed E-state index contributed by atoms with van der Waals surface area (Å²) in [5.74, 6) is 0. The van der Waals surface area contributed by atoms with Crippen LogP contribution in [0.1, 0.15) is 31.0 Å². The molecule has 0 saturated carbocycles. The third kappa shape index (κ3) is 4.16. The van der Waals surface area contributed by atoms with E-state index in [4.69, 9.17) is 17.3 Å². The maximum atomic E-state index is 12.4. The van der Waals surface area contributed by atoms with Crippen LogP contribution >= 0.6 is 11.6 Å². The van der Waals surface area contributed by atoms with E-state index in [2.05, 4.69) is 4.98 Å². The maximum absolute atomic E-state index is 12.4. The fraction of sp³-hybridized carbons (Fsp3) is 0.545. The average molecular weight is 267 g/mol. The summed E-state index contributed by atoms with van der Waals surface area (Å²) in [5, 5.41) is 0.0198. The summed E-state index contributed by atoms with van der Waals surface area (Å²) in [6.07, 6.45) is -1.52. The van der Waals surface area contributed by atoms with Gasteiger partial charge in [-0.05, 0) is 12.5 Å². The fourth-order valence-corrected chi connectivity index (χ4v) is 1.74. The number of alkyl halides is 3. The van der Waals surface area contributed by atoms with Gasteiger partial charge in [0.15, 0.2) is 0 Å². The number of halogens is 4. The Labute approximate surface area is 103 Å². The summed E-state index contributed by atoms with van der Waals surface area (Å²) in [6, 6.07) is 0.768. The molecule has 1 rings (SSSR count). The van der Waals surface area contributed by atoms with Crippen molar-refractivity contribution in [1.82, 2.24) is 4.98 Å². The first kappa shape index (κ1) is 14.3. The van der Waals surface area contributed by atoms with Gasteiger partial charge in [-0.3, -0.25) is 4.98 Å². The first-order chi connectivity index (χ1) is 7.84. The van der Waals surface area contributed by atoms with E-state index in [0.717, 1.165) is 25.1 Å². The summed E-state index contributed by atoms with van der Waals surface area (Å²) < 4.78 is 37.1. The Hall–Kier alpha value is -0.810. The lowest BCUT2D eigenvalue weighted by molar-refractivity contribution is -0.137. The predicted molar refractivity (Wildman–Crippen MR) is 60.8 cm³/mol. The van der Waals surface area contributed by atoms with Crippen LogP contribution < -0.4 is 5.73 Å². The summed E-state index contributed by atoms with van der Waals surface area (Å²) in [5.41, 5.74) is 5.37. The molecule has 1 heterocycles. The highest BCUT2D eigenvalue weighted by Crippen LogP contribution is 2.31. The molecule has 2 N–H and O–H groups in total. The second-order valence-electron chi connectivity index (χ2n) is 3.90. The smallest absolute Gasteiger partial charge is 0.327 e. The summed E-state index contributed by atoms with van der Waals surface area (Å²) in [4.78, 5) is 3.73. The zero-order chi connectivity index (χ0) is 13.1. The maximum Gasteiger partial charge on any atom is 0.417 e. The average Bonchev–Trinajstić information content (AvgIpc) is 2.20. The molecule has 2 nitrogen and oxygen atoms in total. The van der Waals surface area contributed by atoms with Gasteiger partial charge in [-0.2, -0.15) is 13.2 Å². The van der Waals surface area contributed by atoms with Gasteiger partial charge in [0.1, 0.15) is 0 Å². The molecule has 0 spiro atoms. The fourth-order valence-electron chi connectivity index (χ4n) is 1.49. The highest BCUT2D eigenvalue weighted by molar-refractivity contribution is 6.31. The largest absolute Gasteiger partial charge is 0.417 e. The van der Waals surface area contributed by atoms with Crippen molar-refractivity contribution in [2.75, 3.05) is 0 Å². The topological polar surface area (TPSA) is 38.9 Å². The third-order valence-corrected chi connectivity index (χ3v) is 2.69. The minimum atomic E-state index is -4.42. The van der Waals surface area contributed by atoms with Gasteiger partial charge < -0.3 is 5.73 Å². The molecule has 0 radical (unpaired) electrons. The highest BCUT2D eigenvalue weighted by Gasteiger charge is 2.31. The predicted octanol–water partition coefficient (Wildman–Crippen LogP) is 3.42. The molecular weight excluding hydrogens is 253 g/mol. The van der Waals surface area contributed by atoms with Crippen LogP contribution in [0.15, 0.2) is 12.3 Å². The summed E-state index contributed by atoms with van der Waals surface area (Å²) in [6.45, 7) is 1.99. The first-order valence-electron chi connectivity index (χ1n) is 5.31. The van der Waals surface area contributed by atoms with Crippen LogP contribution in [0.4, 0.5) is 13.2 Å². The van der Waals surface area contributed by atoms with Gasteiger partial charge in [0.05, 0.1) is 16.3 Å². The molecular formula is C11H14ClF3N2. The number of hydrogen-bond acceptors (Lipinski definition) is 2. The lowest BCUT2D eigenvalue weighted by Gasteiger charge is -2.12. The van der Waals surface area contributed by atoms with Crippen molar-refractivity contribution in [2.45, 2.75) is 38.4 Å². The number of nitrogens with two attached hydrogens (primary N) is 1. The van der Waals surface area contributed by atoms with E-state index in [-0.39, 0.29) is 11.1 Å². The molecule has 0 aliphatic heterocycles. The van der Waals surface area contributed by atoms with Crippen LogP contribution in [0.25, 0.3) is 0 Å². The lowest BCUT2D eigenvalue weighted by Crippen LogP contribution is -2.23. The van der Waals surface area contributed by atoms with Crippen molar-refractivity contribution in [2.24, 2.45) is 5.73 Å². The van der Waals surface area contributed by atoms with Crippen LogP contribution in [0.5, 0.6) is 0 Å². The Morgan fingerprint density at radius 1 is 1.47 bits per heavy atom. The molecule has 96 valence electrons. The van der Waals surface area contributed by atoms with Crippen LogP contribution in [0.2, 0.25) is 5.02 Å². The molecule has 0 aliphatic rings. The van der Waals surface area contributed by atoms with E-state index in [1.165, 1.54) is 0 Å². The van der Waals surface area contributed by atoms with Crippen LogP contribution in [-0.2, 0) is 12.6 Å². The molecule has 6 heteroatoms. The minimum absolute atomic E-state index is 0.0198. The standard InChI is InChI=1S/C11H14ClF3N2/c1-2-3-8(16)5-10-9(12)4-7(6-17-10)11(13,14)15/h4,6,8H,2-3,5,16H2,1H3. The van der Waals surface area contributed by atoms with E-state index in [9.17, 15) is 13.2 Å². The number of aromatic nitrogens is 1. The van der Waals surface area contributed by atoms with E-state index in [1.807, 2.05) is 6.92 Å². The second kappa shape index (κ2) is 5.69. The molecule has 0 aliphatic carbocycles. The molecule has 0 bridgehead atoms. The van der Waals surface area contributed by atoms with Gasteiger partial charge in [-0.1, -0.05) is 24.9 Å². The Morgan fingerprint density at radius 3 is 2.59 bits per heavy atom. The zero-order valence-corrected chi connectivity index (χ0v) is 10.1. The van der Waals surface area contributed by atoms with Crippen LogP contribution in [0.3, 0.4) is 0 Å². The highest BCUT2D eigenvalue weighted by atomic mass is 35.5. The van der Waals surface area contributed by atoms with Crippen LogP contribution in [0, 0.1) is 0 Å². The normalized spacial score (nSPS) is 13.8.